The van der Waals surface area contributed by atoms with Gasteiger partial charge in [0.15, 0.2) is 9.84 Å². The molecule has 164 valence electrons. The monoisotopic (exact) mass is 443 g/mol. The van der Waals surface area contributed by atoms with Gasteiger partial charge in [0.2, 0.25) is 0 Å². The van der Waals surface area contributed by atoms with Gasteiger partial charge >= 0.3 is 5.97 Å². The van der Waals surface area contributed by atoms with E-state index in [9.17, 15) is 18.3 Å². The van der Waals surface area contributed by atoms with E-state index in [-0.39, 0.29) is 28.6 Å². The molecule has 0 fully saturated rings. The number of nitrogens with zero attached hydrogens (tertiary/aromatic N) is 3. The van der Waals surface area contributed by atoms with Crippen LogP contribution >= 0.6 is 0 Å². The van der Waals surface area contributed by atoms with Crippen molar-refractivity contribution in [3.8, 4) is 11.4 Å². The maximum absolute atomic E-state index is 12.6. The number of carbonyl (C=O) groups excluding carboxylic acids is 1. The SMILES string of the molecule is C=C(C)C(=O)OCCS(=O)(=O)c1ccc2c(c1)n1n(-c3ccc(CC(C)C)cc3O)n21. The summed E-state index contributed by atoms with van der Waals surface area (Å²) >= 11 is 0. The second kappa shape index (κ2) is 7.49. The lowest BCUT2D eigenvalue weighted by atomic mass is 10.0. The zero-order chi connectivity index (χ0) is 22.5. The van der Waals surface area contributed by atoms with Gasteiger partial charge in [-0.2, -0.15) is 0 Å². The number of benzene rings is 2. The number of aromatic hydroxyl groups is 1. The summed E-state index contributed by atoms with van der Waals surface area (Å²) in [5.74, 6) is -0.257. The summed E-state index contributed by atoms with van der Waals surface area (Å²) in [6, 6.07) is 10.5. The van der Waals surface area contributed by atoms with Crippen LogP contribution in [-0.2, 0) is 25.8 Å². The van der Waals surface area contributed by atoms with Crippen molar-refractivity contribution < 1.29 is 23.1 Å². The topological polar surface area (TPSA) is 94.4 Å². The van der Waals surface area contributed by atoms with E-state index in [1.54, 1.807) is 27.6 Å². The Hall–Kier alpha value is -3.20. The molecule has 9 heteroatoms. The van der Waals surface area contributed by atoms with Crippen LogP contribution in [0, 0.1) is 5.92 Å². The number of hydrogen-bond donors (Lipinski definition) is 1. The molecule has 0 atom stereocenters. The molecule has 0 amide bonds. The van der Waals surface area contributed by atoms with E-state index in [1.165, 1.54) is 13.0 Å². The highest BCUT2D eigenvalue weighted by Crippen LogP contribution is 2.32. The molecule has 0 unspecified atom stereocenters. The lowest BCUT2D eigenvalue weighted by molar-refractivity contribution is -0.138. The fourth-order valence-corrected chi connectivity index (χ4v) is 4.65. The minimum absolute atomic E-state index is 0.153. The van der Waals surface area contributed by atoms with Crippen molar-refractivity contribution in [1.29, 1.82) is 0 Å². The van der Waals surface area contributed by atoms with E-state index < -0.39 is 15.8 Å². The molecule has 0 bridgehead atoms. The first-order valence-electron chi connectivity index (χ1n) is 10.0. The molecular weight excluding hydrogens is 418 g/mol. The molecule has 0 spiro atoms. The molecule has 4 rings (SSSR count). The van der Waals surface area contributed by atoms with Gasteiger partial charge in [0.05, 0.1) is 10.6 Å². The molecule has 0 radical (unpaired) electrons. The van der Waals surface area contributed by atoms with Gasteiger partial charge in [0.1, 0.15) is 29.1 Å². The summed E-state index contributed by atoms with van der Waals surface area (Å²) in [5, 5.41) is 10.5. The second-order valence-corrected chi connectivity index (χ2v) is 10.3. The van der Waals surface area contributed by atoms with Crippen LogP contribution in [-0.4, -0.2) is 45.9 Å². The largest absolute Gasteiger partial charge is 0.506 e. The Morgan fingerprint density at radius 2 is 1.84 bits per heavy atom. The molecule has 2 aromatic heterocycles. The van der Waals surface area contributed by atoms with Crippen molar-refractivity contribution in [1.82, 2.24) is 14.1 Å². The van der Waals surface area contributed by atoms with Crippen molar-refractivity contribution in [3.63, 3.8) is 0 Å². The number of fused-ring (bicyclic) bond motifs is 4. The van der Waals surface area contributed by atoms with Crippen LogP contribution in [0.1, 0.15) is 26.3 Å². The highest BCUT2D eigenvalue weighted by molar-refractivity contribution is 7.91. The molecular formula is C22H25N3O5S. The van der Waals surface area contributed by atoms with Crippen LogP contribution in [0.2, 0.25) is 0 Å². The molecule has 0 saturated carbocycles. The Bertz CT molecular complexity index is 1390. The van der Waals surface area contributed by atoms with Gasteiger partial charge in [0, 0.05) is 5.57 Å². The van der Waals surface area contributed by atoms with Crippen molar-refractivity contribution in [2.45, 2.75) is 32.1 Å². The lowest BCUT2D eigenvalue weighted by Crippen LogP contribution is -2.16. The van der Waals surface area contributed by atoms with E-state index in [0.29, 0.717) is 11.6 Å². The smallest absolute Gasteiger partial charge is 0.333 e. The first kappa shape index (κ1) is 21.0. The molecule has 0 saturated heterocycles. The van der Waals surface area contributed by atoms with E-state index in [4.69, 9.17) is 4.74 Å². The summed E-state index contributed by atoms with van der Waals surface area (Å²) < 4.78 is 33.8. The average Bonchev–Trinajstić information content (AvgIpc) is 3.33. The quantitative estimate of drug-likeness (QED) is 0.333. The highest BCUT2D eigenvalue weighted by Gasteiger charge is 2.27. The van der Waals surface area contributed by atoms with Gasteiger partial charge in [-0.05, 0) is 55.2 Å². The molecule has 8 nitrogen and oxygen atoms in total. The van der Waals surface area contributed by atoms with Crippen LogP contribution in [0.4, 0.5) is 0 Å². The molecule has 0 aliphatic heterocycles. The van der Waals surface area contributed by atoms with E-state index in [2.05, 4.69) is 20.4 Å². The van der Waals surface area contributed by atoms with E-state index >= 15 is 0 Å². The number of phenols is 1. The predicted molar refractivity (Wildman–Crippen MR) is 117 cm³/mol. The average molecular weight is 444 g/mol. The number of ether oxygens (including phenoxy) is 1. The summed E-state index contributed by atoms with van der Waals surface area (Å²) in [4.78, 5) is 13.4. The first-order chi connectivity index (χ1) is 14.6. The lowest BCUT2D eigenvalue weighted by Gasteiger charge is -2.07. The van der Waals surface area contributed by atoms with Gasteiger partial charge in [0.25, 0.3) is 0 Å². The third-order valence-corrected chi connectivity index (χ3v) is 6.75. The fraction of sp³-hybridized carbons (Fsp3) is 0.318. The molecule has 31 heavy (non-hydrogen) atoms. The minimum atomic E-state index is -3.62. The Morgan fingerprint density at radius 3 is 2.48 bits per heavy atom. The fourth-order valence-electron chi connectivity index (χ4n) is 3.54. The Balaban J connectivity index is 1.56. The maximum atomic E-state index is 12.6. The van der Waals surface area contributed by atoms with Crippen LogP contribution in [0.5, 0.6) is 5.75 Å². The number of aromatic nitrogens is 3. The first-order valence-corrected chi connectivity index (χ1v) is 11.7. The molecule has 2 aromatic carbocycles. The van der Waals surface area contributed by atoms with Crippen LogP contribution in [0.3, 0.4) is 0 Å². The molecule has 0 aliphatic rings. The molecule has 2 heterocycles. The molecule has 1 N–H and O–H groups in total. The van der Waals surface area contributed by atoms with Gasteiger partial charge in [-0.15, -0.1) is 14.1 Å². The van der Waals surface area contributed by atoms with E-state index in [1.807, 2.05) is 16.8 Å². The summed E-state index contributed by atoms with van der Waals surface area (Å²) in [5.41, 5.74) is 3.48. The number of carbonyl (C=O) groups is 1. The maximum Gasteiger partial charge on any atom is 0.333 e. The highest BCUT2D eigenvalue weighted by atomic mass is 32.2. The Morgan fingerprint density at radius 1 is 1.13 bits per heavy atom. The third kappa shape index (κ3) is 3.81. The molecule has 4 aromatic rings. The number of hydrogen-bond acceptors (Lipinski definition) is 5. The number of phenolic OH excluding ortho intramolecular Hbond substituents is 1. The van der Waals surface area contributed by atoms with Gasteiger partial charge in [-0.1, -0.05) is 26.5 Å². The van der Waals surface area contributed by atoms with Crippen molar-refractivity contribution in [2.75, 3.05) is 12.4 Å². The van der Waals surface area contributed by atoms with Crippen molar-refractivity contribution >= 4 is 26.8 Å². The summed E-state index contributed by atoms with van der Waals surface area (Å²) in [7, 11) is -3.62. The number of esters is 1. The predicted octanol–water partition coefficient (Wildman–Crippen LogP) is 3.22. The number of sulfone groups is 1. The summed E-state index contributed by atoms with van der Waals surface area (Å²) in [6.07, 6.45) is 0.879. The van der Waals surface area contributed by atoms with Gasteiger partial charge < -0.3 is 9.84 Å². The zero-order valence-corrected chi connectivity index (χ0v) is 18.5. The normalized spacial score (nSPS) is 12.4. The third-order valence-electron chi connectivity index (χ3n) is 5.08. The minimum Gasteiger partial charge on any atom is -0.506 e. The van der Waals surface area contributed by atoms with Crippen molar-refractivity contribution in [3.05, 3.63) is 54.1 Å². The Kier molecular flexibility index (Phi) is 5.09. The summed E-state index contributed by atoms with van der Waals surface area (Å²) in [6.45, 7) is 8.99. The number of rotatable bonds is 8. The van der Waals surface area contributed by atoms with Crippen LogP contribution in [0.15, 0.2) is 53.4 Å². The van der Waals surface area contributed by atoms with E-state index in [0.717, 1.165) is 23.0 Å². The Labute approximate surface area is 180 Å². The molecule has 0 aliphatic carbocycles. The van der Waals surface area contributed by atoms with Gasteiger partial charge in [-0.3, -0.25) is 0 Å². The standard InChI is InChI=1S/C22H25N3O5S/c1-14(2)11-16-5-7-19(21(26)12-16)24-23-18-8-6-17(13-20(18)25(23)24)31(28,29)10-9-30-22(27)15(3)4/h5-8,12-14,26H,3,9-11H2,1-2,4H3. The van der Waals surface area contributed by atoms with Crippen LogP contribution < -0.4 is 0 Å². The van der Waals surface area contributed by atoms with Crippen molar-refractivity contribution in [2.24, 2.45) is 5.92 Å². The second-order valence-electron chi connectivity index (χ2n) is 8.18. The van der Waals surface area contributed by atoms with Crippen LogP contribution in [0.25, 0.3) is 16.7 Å². The van der Waals surface area contributed by atoms with Gasteiger partial charge in [-0.25, -0.2) is 13.2 Å². The zero-order valence-electron chi connectivity index (χ0n) is 17.7.